The topological polar surface area (TPSA) is 46.8 Å². The fourth-order valence-electron chi connectivity index (χ4n) is 4.55. The maximum atomic E-state index is 5.11. The summed E-state index contributed by atoms with van der Waals surface area (Å²) in [6.07, 6.45) is 14.6. The van der Waals surface area contributed by atoms with E-state index in [1.54, 1.807) is 0 Å². The van der Waals surface area contributed by atoms with E-state index in [9.17, 15) is 0 Å². The Morgan fingerprint density at radius 1 is 1.04 bits per heavy atom. The van der Waals surface area contributed by atoms with E-state index in [-0.39, 0.29) is 5.54 Å². The van der Waals surface area contributed by atoms with Crippen molar-refractivity contribution in [3.63, 3.8) is 0 Å². The first kappa shape index (κ1) is 16.7. The van der Waals surface area contributed by atoms with Gasteiger partial charge in [0.1, 0.15) is 0 Å². The van der Waals surface area contributed by atoms with E-state index in [1.807, 2.05) is 12.4 Å². The molecule has 0 bridgehead atoms. The van der Waals surface area contributed by atoms with Crippen LogP contribution in [-0.2, 0) is 12.0 Å². The number of unbranched alkanes of at least 4 members (excludes halogenated alkanes) is 1. The number of aryl methyl sites for hydroxylation is 1. The molecule has 2 aromatic rings. The summed E-state index contributed by atoms with van der Waals surface area (Å²) in [5.41, 5.74) is 1.17. The fraction of sp³-hybridized carbons (Fsp3) is 0.650. The smallest absolute Gasteiger partial charge is 0.153 e. The Bertz CT molecular complexity index is 681. The van der Waals surface area contributed by atoms with Gasteiger partial charge in [-0.2, -0.15) is 5.10 Å². The number of likely N-dealkylation sites (tertiary alicyclic amines) is 1. The van der Waals surface area contributed by atoms with E-state index in [0.29, 0.717) is 0 Å². The minimum absolute atomic E-state index is 0.0806. The maximum Gasteiger partial charge on any atom is 0.153 e. The van der Waals surface area contributed by atoms with Crippen molar-refractivity contribution >= 4 is 0 Å². The first-order valence-electron chi connectivity index (χ1n) is 9.95. The molecule has 0 radical (unpaired) electrons. The molecule has 1 aliphatic heterocycles. The molecule has 0 unspecified atom stereocenters. The summed E-state index contributed by atoms with van der Waals surface area (Å²) in [6, 6.07) is 4.10. The van der Waals surface area contributed by atoms with Crippen LogP contribution in [0.15, 0.2) is 24.5 Å². The van der Waals surface area contributed by atoms with Crippen molar-refractivity contribution in [3.05, 3.63) is 36.2 Å². The van der Waals surface area contributed by atoms with Gasteiger partial charge in [0, 0.05) is 18.8 Å². The lowest BCUT2D eigenvalue weighted by molar-refractivity contribution is 0.109. The van der Waals surface area contributed by atoms with Gasteiger partial charge in [-0.3, -0.25) is 9.88 Å². The van der Waals surface area contributed by atoms with Crippen molar-refractivity contribution in [2.24, 2.45) is 0 Å². The van der Waals surface area contributed by atoms with Gasteiger partial charge in [-0.25, -0.2) is 9.67 Å². The van der Waals surface area contributed by atoms with Crippen molar-refractivity contribution in [1.29, 1.82) is 0 Å². The molecule has 2 aromatic heterocycles. The average Bonchev–Trinajstić information content (AvgIpc) is 3.40. The van der Waals surface area contributed by atoms with Gasteiger partial charge in [0.25, 0.3) is 0 Å². The molecule has 0 amide bonds. The summed E-state index contributed by atoms with van der Waals surface area (Å²) in [5.74, 6) is 2.17. The molecule has 0 spiro atoms. The molecule has 1 saturated heterocycles. The summed E-state index contributed by atoms with van der Waals surface area (Å²) in [6.45, 7) is 4.63. The lowest BCUT2D eigenvalue weighted by Crippen LogP contribution is -2.44. The largest absolute Gasteiger partial charge is 0.291 e. The SMILES string of the molecule is CCCCc1nc(C2(N3CCCC3)CCCC2)n(-c2ccncc2)n1. The van der Waals surface area contributed by atoms with Crippen molar-refractivity contribution in [3.8, 4) is 5.69 Å². The Kier molecular flexibility index (Phi) is 4.84. The minimum Gasteiger partial charge on any atom is -0.291 e. The third-order valence-corrected chi connectivity index (χ3v) is 5.87. The monoisotopic (exact) mass is 339 g/mol. The number of aromatic nitrogens is 4. The lowest BCUT2D eigenvalue weighted by atomic mass is 9.94. The molecule has 5 nitrogen and oxygen atoms in total. The second-order valence-electron chi connectivity index (χ2n) is 7.51. The normalized spacial score (nSPS) is 20.4. The summed E-state index contributed by atoms with van der Waals surface area (Å²) in [4.78, 5) is 12.0. The van der Waals surface area contributed by atoms with E-state index < -0.39 is 0 Å². The predicted octanol–water partition coefficient (Wildman–Crippen LogP) is 3.87. The Morgan fingerprint density at radius 3 is 2.44 bits per heavy atom. The highest BCUT2D eigenvalue weighted by Crippen LogP contribution is 2.45. The Morgan fingerprint density at radius 2 is 1.76 bits per heavy atom. The van der Waals surface area contributed by atoms with Gasteiger partial charge in [0.15, 0.2) is 11.6 Å². The van der Waals surface area contributed by atoms with Crippen LogP contribution in [0.3, 0.4) is 0 Å². The van der Waals surface area contributed by atoms with Crippen LogP contribution in [-0.4, -0.2) is 37.7 Å². The standard InChI is InChI=1S/C20H29N5/c1-2-3-8-18-22-19(25(23-18)17-9-13-21-14-10-17)20(11-4-5-12-20)24-15-6-7-16-24/h9-10,13-14H,2-8,11-12,15-16H2,1H3. The van der Waals surface area contributed by atoms with Crippen LogP contribution in [0.25, 0.3) is 5.69 Å². The third kappa shape index (κ3) is 3.10. The van der Waals surface area contributed by atoms with Gasteiger partial charge in [0.05, 0.1) is 11.2 Å². The molecule has 0 N–H and O–H groups in total. The quantitative estimate of drug-likeness (QED) is 0.801. The van der Waals surface area contributed by atoms with Crippen LogP contribution in [0.1, 0.15) is 69.9 Å². The van der Waals surface area contributed by atoms with Crippen LogP contribution < -0.4 is 0 Å². The summed E-state index contributed by atoms with van der Waals surface area (Å²) in [7, 11) is 0. The van der Waals surface area contributed by atoms with Crippen molar-refractivity contribution in [1.82, 2.24) is 24.6 Å². The zero-order chi connectivity index (χ0) is 17.1. The molecular formula is C20H29N5. The zero-order valence-electron chi connectivity index (χ0n) is 15.3. The molecule has 1 aliphatic carbocycles. The molecule has 1 saturated carbocycles. The van der Waals surface area contributed by atoms with Gasteiger partial charge in [-0.05, 0) is 57.3 Å². The van der Waals surface area contributed by atoms with Gasteiger partial charge < -0.3 is 0 Å². The summed E-state index contributed by atoms with van der Waals surface area (Å²) in [5, 5.41) is 4.93. The lowest BCUT2D eigenvalue weighted by Gasteiger charge is -2.37. The van der Waals surface area contributed by atoms with Crippen LogP contribution in [0.2, 0.25) is 0 Å². The molecule has 25 heavy (non-hydrogen) atoms. The Balaban J connectivity index is 1.79. The van der Waals surface area contributed by atoms with Gasteiger partial charge in [-0.1, -0.05) is 26.2 Å². The number of hydrogen-bond donors (Lipinski definition) is 0. The predicted molar refractivity (Wildman–Crippen MR) is 98.7 cm³/mol. The summed E-state index contributed by atoms with van der Waals surface area (Å²) >= 11 is 0. The fourth-order valence-corrected chi connectivity index (χ4v) is 4.55. The van der Waals surface area contributed by atoms with Crippen LogP contribution in [0.4, 0.5) is 0 Å². The van der Waals surface area contributed by atoms with E-state index in [1.165, 1.54) is 63.9 Å². The van der Waals surface area contributed by atoms with E-state index in [0.717, 1.165) is 24.4 Å². The molecular weight excluding hydrogens is 310 g/mol. The molecule has 4 rings (SSSR count). The van der Waals surface area contributed by atoms with Gasteiger partial charge >= 0.3 is 0 Å². The number of rotatable bonds is 6. The van der Waals surface area contributed by atoms with Crippen molar-refractivity contribution < 1.29 is 0 Å². The number of nitrogens with zero attached hydrogens (tertiary/aromatic N) is 5. The highest BCUT2D eigenvalue weighted by atomic mass is 15.4. The van der Waals surface area contributed by atoms with Crippen LogP contribution in [0.5, 0.6) is 0 Å². The molecule has 5 heteroatoms. The highest BCUT2D eigenvalue weighted by molar-refractivity contribution is 5.31. The van der Waals surface area contributed by atoms with E-state index in [2.05, 4.69) is 33.6 Å². The van der Waals surface area contributed by atoms with Gasteiger partial charge in [-0.15, -0.1) is 0 Å². The Labute approximate surface area is 150 Å². The van der Waals surface area contributed by atoms with Crippen LogP contribution >= 0.6 is 0 Å². The zero-order valence-corrected chi connectivity index (χ0v) is 15.3. The summed E-state index contributed by atoms with van der Waals surface area (Å²) < 4.78 is 2.12. The van der Waals surface area contributed by atoms with Crippen LogP contribution in [0, 0.1) is 0 Å². The molecule has 2 aliphatic rings. The first-order valence-corrected chi connectivity index (χ1v) is 9.95. The molecule has 0 aromatic carbocycles. The third-order valence-electron chi connectivity index (χ3n) is 5.87. The molecule has 0 atom stereocenters. The molecule has 134 valence electrons. The Hall–Kier alpha value is -1.75. The first-order chi connectivity index (χ1) is 12.3. The van der Waals surface area contributed by atoms with E-state index in [4.69, 9.17) is 10.1 Å². The highest BCUT2D eigenvalue weighted by Gasteiger charge is 2.46. The number of hydrogen-bond acceptors (Lipinski definition) is 4. The molecule has 3 heterocycles. The molecule has 2 fully saturated rings. The second kappa shape index (κ2) is 7.24. The number of pyridine rings is 1. The second-order valence-corrected chi connectivity index (χ2v) is 7.51. The van der Waals surface area contributed by atoms with Gasteiger partial charge in [0.2, 0.25) is 0 Å². The maximum absolute atomic E-state index is 5.11. The van der Waals surface area contributed by atoms with Crippen molar-refractivity contribution in [2.75, 3.05) is 13.1 Å². The average molecular weight is 339 g/mol. The minimum atomic E-state index is 0.0806. The van der Waals surface area contributed by atoms with Crippen molar-refractivity contribution in [2.45, 2.75) is 70.3 Å². The van der Waals surface area contributed by atoms with E-state index >= 15 is 0 Å².